The van der Waals surface area contributed by atoms with Crippen molar-refractivity contribution >= 4 is 34.4 Å². The highest BCUT2D eigenvalue weighted by atomic mass is 35.5. The van der Waals surface area contributed by atoms with Crippen LogP contribution in [0.3, 0.4) is 0 Å². The van der Waals surface area contributed by atoms with Gasteiger partial charge in [-0.25, -0.2) is 9.37 Å². The lowest BCUT2D eigenvalue weighted by atomic mass is 10.1. The van der Waals surface area contributed by atoms with E-state index in [1.54, 1.807) is 30.5 Å². The molecule has 4 rings (SSSR count). The minimum Gasteiger partial charge on any atom is -0.353 e. The number of carbonyl (C=O) groups excluding carboxylic acids is 1. The number of aromatic nitrogens is 4. The number of fused-ring (bicyclic) bond motifs is 1. The first kappa shape index (κ1) is 17.1. The zero-order valence-corrected chi connectivity index (χ0v) is 14.7. The van der Waals surface area contributed by atoms with Crippen LogP contribution in [0, 0.1) is 5.82 Å². The number of anilines is 1. The van der Waals surface area contributed by atoms with E-state index in [0.717, 1.165) is 22.3 Å². The number of rotatable bonds is 4. The van der Waals surface area contributed by atoms with Crippen LogP contribution in [-0.4, -0.2) is 26.1 Å². The number of pyridine rings is 1. The maximum Gasteiger partial charge on any atom is 0.229 e. The summed E-state index contributed by atoms with van der Waals surface area (Å²) in [4.78, 5) is 19.6. The summed E-state index contributed by atoms with van der Waals surface area (Å²) in [7, 11) is 0. The second-order valence-electron chi connectivity index (χ2n) is 5.93. The fourth-order valence-corrected chi connectivity index (χ4v) is 2.85. The summed E-state index contributed by atoms with van der Waals surface area (Å²) in [6, 6.07) is 12.9. The quantitative estimate of drug-likeness (QED) is 0.559. The van der Waals surface area contributed by atoms with Crippen LogP contribution >= 0.6 is 11.6 Å². The molecule has 3 heterocycles. The number of carbonyl (C=O) groups is 1. The average Bonchev–Trinajstić information content (AvgIpc) is 3.07. The van der Waals surface area contributed by atoms with Crippen molar-refractivity contribution in [3.63, 3.8) is 0 Å². The molecule has 8 heteroatoms. The normalized spacial score (nSPS) is 10.9. The number of H-pyrrole nitrogens is 1. The monoisotopic (exact) mass is 381 g/mol. The van der Waals surface area contributed by atoms with Crippen LogP contribution in [0.4, 0.5) is 10.2 Å². The van der Waals surface area contributed by atoms with Crippen LogP contribution < -0.4 is 5.32 Å². The van der Waals surface area contributed by atoms with E-state index < -0.39 is 0 Å². The SMILES string of the molecule is O=C(Cc1ccc(F)cc1)Nc1cc(-c2cc3nnc(Cl)cc3[nH]2)ccn1. The highest BCUT2D eigenvalue weighted by Crippen LogP contribution is 2.25. The molecule has 0 radical (unpaired) electrons. The Labute approximate surface area is 158 Å². The predicted octanol–water partition coefficient (Wildman–Crippen LogP) is 3.99. The van der Waals surface area contributed by atoms with Gasteiger partial charge in [0.1, 0.15) is 17.2 Å². The summed E-state index contributed by atoms with van der Waals surface area (Å²) in [5.41, 5.74) is 3.81. The van der Waals surface area contributed by atoms with E-state index in [-0.39, 0.29) is 18.1 Å². The molecule has 6 nitrogen and oxygen atoms in total. The minimum absolute atomic E-state index is 0.132. The molecule has 0 atom stereocenters. The first-order valence-electron chi connectivity index (χ1n) is 8.09. The molecule has 0 unspecified atom stereocenters. The third kappa shape index (κ3) is 3.93. The standard InChI is InChI=1S/C19H13ClFN5O/c20-17-10-15-16(25-26-17)9-14(23-15)12-5-6-22-18(8-12)24-19(27)7-11-1-3-13(21)4-2-11/h1-6,8-10,23H,7H2,(H,22,24,27). The van der Waals surface area contributed by atoms with Crippen LogP contribution in [-0.2, 0) is 11.2 Å². The number of hydrogen-bond acceptors (Lipinski definition) is 4. The van der Waals surface area contributed by atoms with E-state index in [9.17, 15) is 9.18 Å². The number of nitrogens with one attached hydrogen (secondary N) is 2. The molecule has 1 aromatic carbocycles. The van der Waals surface area contributed by atoms with Crippen LogP contribution in [0.25, 0.3) is 22.3 Å². The molecule has 0 saturated carbocycles. The van der Waals surface area contributed by atoms with Gasteiger partial charge in [0.05, 0.1) is 11.9 Å². The maximum atomic E-state index is 12.9. The summed E-state index contributed by atoms with van der Waals surface area (Å²) in [6.45, 7) is 0. The Hall–Kier alpha value is -3.32. The zero-order valence-electron chi connectivity index (χ0n) is 13.9. The molecule has 0 spiro atoms. The second-order valence-corrected chi connectivity index (χ2v) is 6.32. The Balaban J connectivity index is 1.52. The molecule has 0 bridgehead atoms. The molecule has 0 aliphatic carbocycles. The molecule has 27 heavy (non-hydrogen) atoms. The van der Waals surface area contributed by atoms with E-state index in [1.165, 1.54) is 12.1 Å². The Morgan fingerprint density at radius 1 is 1.11 bits per heavy atom. The van der Waals surface area contributed by atoms with E-state index in [1.807, 2.05) is 12.1 Å². The number of nitrogens with zero attached hydrogens (tertiary/aromatic N) is 3. The molecule has 4 aromatic rings. The minimum atomic E-state index is -0.335. The van der Waals surface area contributed by atoms with Crippen molar-refractivity contribution < 1.29 is 9.18 Å². The van der Waals surface area contributed by atoms with Gasteiger partial charge in [-0.05, 0) is 35.9 Å². The third-order valence-corrected chi connectivity index (χ3v) is 4.14. The van der Waals surface area contributed by atoms with Crippen molar-refractivity contribution in [3.8, 4) is 11.3 Å². The van der Waals surface area contributed by atoms with Crippen LogP contribution in [0.5, 0.6) is 0 Å². The van der Waals surface area contributed by atoms with E-state index in [2.05, 4.69) is 25.5 Å². The highest BCUT2D eigenvalue weighted by Gasteiger charge is 2.09. The maximum absolute atomic E-state index is 12.9. The number of halogens is 2. The fourth-order valence-electron chi connectivity index (χ4n) is 2.70. The van der Waals surface area contributed by atoms with Crippen molar-refractivity contribution in [1.82, 2.24) is 20.2 Å². The van der Waals surface area contributed by atoms with Gasteiger partial charge >= 0.3 is 0 Å². The van der Waals surface area contributed by atoms with Crippen molar-refractivity contribution in [1.29, 1.82) is 0 Å². The van der Waals surface area contributed by atoms with Gasteiger partial charge in [0, 0.05) is 23.5 Å². The summed E-state index contributed by atoms with van der Waals surface area (Å²) in [6.07, 6.45) is 1.74. The fraction of sp³-hybridized carbons (Fsp3) is 0.0526. The van der Waals surface area contributed by atoms with Crippen molar-refractivity contribution in [2.24, 2.45) is 0 Å². The van der Waals surface area contributed by atoms with E-state index in [0.29, 0.717) is 16.5 Å². The smallest absolute Gasteiger partial charge is 0.229 e. The van der Waals surface area contributed by atoms with Gasteiger partial charge in [-0.15, -0.1) is 10.2 Å². The Morgan fingerprint density at radius 3 is 2.74 bits per heavy atom. The summed E-state index contributed by atoms with van der Waals surface area (Å²) in [5, 5.41) is 10.9. The van der Waals surface area contributed by atoms with E-state index >= 15 is 0 Å². The van der Waals surface area contributed by atoms with Gasteiger partial charge < -0.3 is 10.3 Å². The first-order chi connectivity index (χ1) is 13.1. The summed E-state index contributed by atoms with van der Waals surface area (Å²) in [5.74, 6) is -0.152. The molecular formula is C19H13ClFN5O. The summed E-state index contributed by atoms with van der Waals surface area (Å²) < 4.78 is 12.9. The van der Waals surface area contributed by atoms with Crippen molar-refractivity contribution in [2.75, 3.05) is 5.32 Å². The van der Waals surface area contributed by atoms with Gasteiger partial charge in [0.25, 0.3) is 0 Å². The molecule has 0 fully saturated rings. The van der Waals surface area contributed by atoms with Crippen molar-refractivity contribution in [3.05, 3.63) is 71.3 Å². The molecule has 3 aromatic heterocycles. The number of hydrogen-bond donors (Lipinski definition) is 2. The van der Waals surface area contributed by atoms with Gasteiger partial charge in [0.15, 0.2) is 5.15 Å². The lowest BCUT2D eigenvalue weighted by molar-refractivity contribution is -0.115. The summed E-state index contributed by atoms with van der Waals surface area (Å²) >= 11 is 5.86. The number of amides is 1. The molecule has 134 valence electrons. The average molecular weight is 382 g/mol. The predicted molar refractivity (Wildman–Crippen MR) is 101 cm³/mol. The zero-order chi connectivity index (χ0) is 18.8. The third-order valence-electron chi connectivity index (χ3n) is 3.96. The topological polar surface area (TPSA) is 83.6 Å². The Kier molecular flexibility index (Phi) is 4.52. The van der Waals surface area contributed by atoms with E-state index in [4.69, 9.17) is 11.6 Å². The first-order valence-corrected chi connectivity index (χ1v) is 8.47. The lowest BCUT2D eigenvalue weighted by Gasteiger charge is -2.06. The van der Waals surface area contributed by atoms with Crippen LogP contribution in [0.1, 0.15) is 5.56 Å². The van der Waals surface area contributed by atoms with Crippen molar-refractivity contribution in [2.45, 2.75) is 6.42 Å². The molecule has 1 amide bonds. The molecule has 0 saturated heterocycles. The molecular weight excluding hydrogens is 369 g/mol. The second kappa shape index (κ2) is 7.13. The van der Waals surface area contributed by atoms with Gasteiger partial charge in [0.2, 0.25) is 5.91 Å². The molecule has 0 aliphatic heterocycles. The van der Waals surface area contributed by atoms with Gasteiger partial charge in [-0.2, -0.15) is 0 Å². The largest absolute Gasteiger partial charge is 0.353 e. The number of benzene rings is 1. The Morgan fingerprint density at radius 2 is 1.93 bits per heavy atom. The molecule has 0 aliphatic rings. The van der Waals surface area contributed by atoms with Crippen LogP contribution in [0.15, 0.2) is 54.7 Å². The van der Waals surface area contributed by atoms with Crippen LogP contribution in [0.2, 0.25) is 5.15 Å². The van der Waals surface area contributed by atoms with Gasteiger partial charge in [-0.1, -0.05) is 23.7 Å². The van der Waals surface area contributed by atoms with Gasteiger partial charge in [-0.3, -0.25) is 4.79 Å². The molecule has 2 N–H and O–H groups in total. The highest BCUT2D eigenvalue weighted by molar-refractivity contribution is 6.29. The number of aromatic amines is 1. The Bertz CT molecular complexity index is 1130. The lowest BCUT2D eigenvalue weighted by Crippen LogP contribution is -2.15.